The zero-order chi connectivity index (χ0) is 16.5. The van der Waals surface area contributed by atoms with Crippen LogP contribution in [0.5, 0.6) is 0 Å². The number of rotatable bonds is 7. The van der Waals surface area contributed by atoms with Gasteiger partial charge in [-0.2, -0.15) is 0 Å². The Bertz CT molecular complexity index is 515. The average molecular weight is 379 g/mol. The van der Waals surface area contributed by atoms with Gasteiger partial charge < -0.3 is 10.2 Å². The Hall–Kier alpha value is -1.29. The monoisotopic (exact) mass is 378 g/mol. The molecular weight excluding hydrogens is 352 g/mol. The van der Waals surface area contributed by atoms with Gasteiger partial charge in [-0.05, 0) is 31.2 Å². The summed E-state index contributed by atoms with van der Waals surface area (Å²) in [4.78, 5) is 14.4. The van der Waals surface area contributed by atoms with Gasteiger partial charge in [0.25, 0.3) is 0 Å². The van der Waals surface area contributed by atoms with E-state index >= 15 is 0 Å². The second-order valence-electron chi connectivity index (χ2n) is 6.08. The summed E-state index contributed by atoms with van der Waals surface area (Å²) in [5.74, 6) is 0. The smallest absolute Gasteiger partial charge is 0.318 e. The number of unbranched alkanes of at least 4 members (excludes halogenated alkanes) is 3. The van der Waals surface area contributed by atoms with Gasteiger partial charge in [0.1, 0.15) is 0 Å². The molecule has 23 heavy (non-hydrogen) atoms. The lowest BCUT2D eigenvalue weighted by Gasteiger charge is -2.25. The van der Waals surface area contributed by atoms with E-state index in [-0.39, 0.29) is 12.1 Å². The van der Waals surface area contributed by atoms with E-state index in [2.05, 4.69) is 34.2 Å². The van der Waals surface area contributed by atoms with Crippen LogP contribution < -0.4 is 5.32 Å². The molecule has 0 bridgehead atoms. The standard InChI is InChI=1S/C19H27BrN2O/c1-2-3-4-8-12-17(20)18-13-9-14-22(18)19(23)21-15-16-10-6-5-7-11-16/h5-7,10-12,18H,2-4,8-9,13-15H2,1H3,(H,21,23)/b17-12-. The predicted molar refractivity (Wildman–Crippen MR) is 99.6 cm³/mol. The van der Waals surface area contributed by atoms with Crippen LogP contribution in [0.15, 0.2) is 40.9 Å². The molecule has 1 aromatic rings. The first-order valence-electron chi connectivity index (χ1n) is 8.66. The van der Waals surface area contributed by atoms with E-state index in [1.807, 2.05) is 35.2 Å². The molecule has 1 aromatic carbocycles. The van der Waals surface area contributed by atoms with Crippen LogP contribution in [0, 0.1) is 0 Å². The fourth-order valence-corrected chi connectivity index (χ4v) is 3.65. The molecule has 1 fully saturated rings. The number of hydrogen-bond acceptors (Lipinski definition) is 1. The molecule has 3 nitrogen and oxygen atoms in total. The third-order valence-corrected chi connectivity index (χ3v) is 5.12. The number of allylic oxidation sites excluding steroid dienone is 1. The highest BCUT2D eigenvalue weighted by molar-refractivity contribution is 9.11. The van der Waals surface area contributed by atoms with E-state index < -0.39 is 0 Å². The van der Waals surface area contributed by atoms with Crippen molar-refractivity contribution in [3.8, 4) is 0 Å². The number of nitrogens with one attached hydrogen (secondary N) is 1. The van der Waals surface area contributed by atoms with Gasteiger partial charge in [-0.3, -0.25) is 0 Å². The number of nitrogens with zero attached hydrogens (tertiary/aromatic N) is 1. The predicted octanol–water partition coefficient (Wildman–Crippen LogP) is 5.22. The number of benzene rings is 1. The van der Waals surface area contributed by atoms with E-state index in [1.54, 1.807) is 0 Å². The largest absolute Gasteiger partial charge is 0.334 e. The fourth-order valence-electron chi connectivity index (χ4n) is 2.94. The van der Waals surface area contributed by atoms with Crippen molar-refractivity contribution in [3.63, 3.8) is 0 Å². The summed E-state index contributed by atoms with van der Waals surface area (Å²) < 4.78 is 1.17. The van der Waals surface area contributed by atoms with Crippen LogP contribution in [0.4, 0.5) is 4.79 Å². The maximum atomic E-state index is 12.5. The summed E-state index contributed by atoms with van der Waals surface area (Å²) in [7, 11) is 0. The minimum atomic E-state index is 0.0373. The number of urea groups is 1. The van der Waals surface area contributed by atoms with Gasteiger partial charge in [-0.1, -0.05) is 72.1 Å². The molecule has 0 saturated carbocycles. The Kier molecular flexibility index (Phi) is 7.66. The van der Waals surface area contributed by atoms with E-state index in [9.17, 15) is 4.79 Å². The van der Waals surface area contributed by atoms with E-state index in [1.165, 1.54) is 23.7 Å². The van der Waals surface area contributed by atoms with Crippen molar-refractivity contribution >= 4 is 22.0 Å². The van der Waals surface area contributed by atoms with Crippen molar-refractivity contribution < 1.29 is 4.79 Å². The zero-order valence-electron chi connectivity index (χ0n) is 13.9. The third kappa shape index (κ3) is 5.69. The average Bonchev–Trinajstić information content (AvgIpc) is 3.07. The van der Waals surface area contributed by atoms with Crippen molar-refractivity contribution in [3.05, 3.63) is 46.5 Å². The number of carbonyl (C=O) groups excluding carboxylic acids is 1. The van der Waals surface area contributed by atoms with Crippen molar-refractivity contribution in [2.75, 3.05) is 6.54 Å². The number of likely N-dealkylation sites (tertiary alicyclic amines) is 1. The van der Waals surface area contributed by atoms with E-state index in [4.69, 9.17) is 0 Å². The molecule has 1 aliphatic heterocycles. The Morgan fingerprint density at radius 2 is 2.13 bits per heavy atom. The lowest BCUT2D eigenvalue weighted by molar-refractivity contribution is 0.199. The summed E-state index contributed by atoms with van der Waals surface area (Å²) in [6, 6.07) is 10.3. The van der Waals surface area contributed by atoms with Crippen LogP contribution in [-0.2, 0) is 6.54 Å². The van der Waals surface area contributed by atoms with Crippen LogP contribution in [0.25, 0.3) is 0 Å². The SMILES string of the molecule is CCCCC/C=C(\Br)C1CCCN1C(=O)NCc1ccccc1. The molecule has 0 spiro atoms. The second-order valence-corrected chi connectivity index (χ2v) is 7.00. The first-order valence-corrected chi connectivity index (χ1v) is 9.45. The van der Waals surface area contributed by atoms with Gasteiger partial charge >= 0.3 is 6.03 Å². The number of hydrogen-bond donors (Lipinski definition) is 1. The first-order chi connectivity index (χ1) is 11.2. The van der Waals surface area contributed by atoms with Gasteiger partial charge in [-0.15, -0.1) is 0 Å². The molecule has 2 amide bonds. The highest BCUT2D eigenvalue weighted by atomic mass is 79.9. The van der Waals surface area contributed by atoms with E-state index in [0.29, 0.717) is 6.54 Å². The Morgan fingerprint density at radius 1 is 1.35 bits per heavy atom. The Labute approximate surface area is 148 Å². The quantitative estimate of drug-likeness (QED) is 0.648. The normalized spacial score (nSPS) is 18.3. The minimum absolute atomic E-state index is 0.0373. The highest BCUT2D eigenvalue weighted by Crippen LogP contribution is 2.28. The van der Waals surface area contributed by atoms with Crippen LogP contribution in [0.2, 0.25) is 0 Å². The molecule has 4 heteroatoms. The minimum Gasteiger partial charge on any atom is -0.334 e. The van der Waals surface area contributed by atoms with Crippen LogP contribution in [0.3, 0.4) is 0 Å². The van der Waals surface area contributed by atoms with Crippen LogP contribution in [-0.4, -0.2) is 23.5 Å². The van der Waals surface area contributed by atoms with Crippen LogP contribution in [0.1, 0.15) is 51.0 Å². The van der Waals surface area contributed by atoms with Gasteiger partial charge in [-0.25, -0.2) is 4.79 Å². The highest BCUT2D eigenvalue weighted by Gasteiger charge is 2.30. The number of carbonyl (C=O) groups is 1. The Balaban J connectivity index is 1.86. The van der Waals surface area contributed by atoms with Crippen molar-refractivity contribution in [2.24, 2.45) is 0 Å². The van der Waals surface area contributed by atoms with Gasteiger partial charge in [0.2, 0.25) is 0 Å². The topological polar surface area (TPSA) is 32.3 Å². The third-order valence-electron chi connectivity index (χ3n) is 4.27. The van der Waals surface area contributed by atoms with Crippen LogP contribution >= 0.6 is 15.9 Å². The lowest BCUT2D eigenvalue weighted by atomic mass is 10.1. The molecule has 0 aromatic heterocycles. The zero-order valence-corrected chi connectivity index (χ0v) is 15.5. The van der Waals surface area contributed by atoms with E-state index in [0.717, 1.165) is 31.4 Å². The molecule has 1 heterocycles. The molecule has 0 radical (unpaired) electrons. The summed E-state index contributed by atoms with van der Waals surface area (Å²) in [6.45, 7) is 3.64. The molecular formula is C19H27BrN2O. The molecule has 2 rings (SSSR count). The summed E-state index contributed by atoms with van der Waals surface area (Å²) in [6.07, 6.45) is 9.18. The lowest BCUT2D eigenvalue weighted by Crippen LogP contribution is -2.42. The summed E-state index contributed by atoms with van der Waals surface area (Å²) in [5.41, 5.74) is 1.13. The van der Waals surface area contributed by atoms with Gasteiger partial charge in [0, 0.05) is 17.6 Å². The molecule has 1 N–H and O–H groups in total. The van der Waals surface area contributed by atoms with Crippen molar-refractivity contribution in [1.82, 2.24) is 10.2 Å². The molecule has 1 unspecified atom stereocenters. The second kappa shape index (κ2) is 9.76. The molecule has 1 saturated heterocycles. The Morgan fingerprint density at radius 3 is 2.87 bits per heavy atom. The van der Waals surface area contributed by atoms with Gasteiger partial charge in [0.15, 0.2) is 0 Å². The number of amides is 2. The van der Waals surface area contributed by atoms with Gasteiger partial charge in [0.05, 0.1) is 6.04 Å². The van der Waals surface area contributed by atoms with Crippen molar-refractivity contribution in [2.45, 2.75) is 58.0 Å². The maximum Gasteiger partial charge on any atom is 0.318 e. The maximum absolute atomic E-state index is 12.5. The first kappa shape index (κ1) is 18.1. The molecule has 126 valence electrons. The summed E-state index contributed by atoms with van der Waals surface area (Å²) >= 11 is 3.70. The molecule has 1 atom stereocenters. The fraction of sp³-hybridized carbons (Fsp3) is 0.526. The summed E-state index contributed by atoms with van der Waals surface area (Å²) in [5, 5.41) is 3.04. The van der Waals surface area contributed by atoms with Crippen molar-refractivity contribution in [1.29, 1.82) is 0 Å². The molecule has 0 aliphatic carbocycles. The number of halogens is 1. The molecule has 1 aliphatic rings.